The number of carbonyl (C=O) groups excluding carboxylic acids is 2. The first-order valence-corrected chi connectivity index (χ1v) is 11.2. The van der Waals surface area contributed by atoms with E-state index in [0.717, 1.165) is 35.3 Å². The summed E-state index contributed by atoms with van der Waals surface area (Å²) in [4.78, 5) is 24.2. The van der Waals surface area contributed by atoms with Gasteiger partial charge in [0.15, 0.2) is 4.90 Å². The highest BCUT2D eigenvalue weighted by Gasteiger charge is 2.15. The molecule has 158 valence electrons. The van der Waals surface area contributed by atoms with Gasteiger partial charge in [0.2, 0.25) is 5.91 Å². The Hall–Kier alpha value is -2.75. The zero-order valence-electron chi connectivity index (χ0n) is 17.8. The van der Waals surface area contributed by atoms with Crippen LogP contribution < -0.4 is 5.32 Å². The Labute approximate surface area is 181 Å². The molecule has 0 aromatic heterocycles. The van der Waals surface area contributed by atoms with Crippen LogP contribution in [0.3, 0.4) is 0 Å². The SMILES string of the molecule is CCCC[S+]([O-])c1ccc(C#Cc2ccc(C(=O)OC)cc2NC(C)=O)cc1CC. The fourth-order valence-electron chi connectivity index (χ4n) is 2.87. The van der Waals surface area contributed by atoms with E-state index in [-0.39, 0.29) is 5.91 Å². The predicted octanol–water partition coefficient (Wildman–Crippen LogP) is 4.30. The molecule has 30 heavy (non-hydrogen) atoms. The highest BCUT2D eigenvalue weighted by molar-refractivity contribution is 7.91. The molecular formula is C24H27NO4S. The third-order valence-corrected chi connectivity index (χ3v) is 6.01. The monoisotopic (exact) mass is 425 g/mol. The van der Waals surface area contributed by atoms with Crippen molar-refractivity contribution in [2.24, 2.45) is 0 Å². The van der Waals surface area contributed by atoms with Crippen LogP contribution >= 0.6 is 0 Å². The van der Waals surface area contributed by atoms with Crippen molar-refractivity contribution in [3.63, 3.8) is 0 Å². The number of unbranched alkanes of at least 4 members (excludes halogenated alkanes) is 1. The Morgan fingerprint density at radius 2 is 1.90 bits per heavy atom. The van der Waals surface area contributed by atoms with E-state index in [4.69, 9.17) is 4.74 Å². The molecule has 0 aliphatic heterocycles. The van der Waals surface area contributed by atoms with Crippen molar-refractivity contribution in [2.75, 3.05) is 18.2 Å². The average Bonchev–Trinajstić information content (AvgIpc) is 2.75. The van der Waals surface area contributed by atoms with Crippen LogP contribution in [-0.4, -0.2) is 29.3 Å². The number of hydrogen-bond donors (Lipinski definition) is 1. The Morgan fingerprint density at radius 3 is 2.53 bits per heavy atom. The standard InChI is InChI=1S/C24H27NO4S/c1-5-7-14-30(28)23-13-9-18(15-19(23)6-2)8-10-20-11-12-21(24(27)29-4)16-22(20)25-17(3)26/h9,11-13,15-16H,5-7,14H2,1-4H3,(H,25,26). The third-order valence-electron chi connectivity index (χ3n) is 4.46. The van der Waals surface area contributed by atoms with Gasteiger partial charge in [-0.1, -0.05) is 32.1 Å². The first-order valence-electron chi connectivity index (χ1n) is 9.92. The topological polar surface area (TPSA) is 78.5 Å². The molecule has 0 heterocycles. The van der Waals surface area contributed by atoms with Crippen molar-refractivity contribution in [1.29, 1.82) is 0 Å². The smallest absolute Gasteiger partial charge is 0.337 e. The summed E-state index contributed by atoms with van der Waals surface area (Å²) < 4.78 is 17.3. The number of ether oxygens (including phenoxy) is 1. The number of hydrogen-bond acceptors (Lipinski definition) is 4. The minimum absolute atomic E-state index is 0.257. The Morgan fingerprint density at radius 1 is 1.13 bits per heavy atom. The number of aryl methyl sites for hydroxylation is 1. The second-order valence-corrected chi connectivity index (χ2v) is 8.30. The van der Waals surface area contributed by atoms with Crippen molar-refractivity contribution < 1.29 is 18.9 Å². The normalized spacial score (nSPS) is 11.2. The van der Waals surface area contributed by atoms with Crippen LogP contribution in [0, 0.1) is 11.8 Å². The van der Waals surface area contributed by atoms with Crippen LogP contribution in [0.2, 0.25) is 0 Å². The van der Waals surface area contributed by atoms with Gasteiger partial charge in [-0.3, -0.25) is 4.79 Å². The van der Waals surface area contributed by atoms with Crippen LogP contribution in [0.15, 0.2) is 41.3 Å². The van der Waals surface area contributed by atoms with Gasteiger partial charge < -0.3 is 14.6 Å². The second kappa shape index (κ2) is 11.4. The lowest BCUT2D eigenvalue weighted by Gasteiger charge is -2.13. The Balaban J connectivity index is 2.36. The Kier molecular flexibility index (Phi) is 8.97. The number of carbonyl (C=O) groups is 2. The van der Waals surface area contributed by atoms with E-state index in [1.54, 1.807) is 18.2 Å². The van der Waals surface area contributed by atoms with Gasteiger partial charge in [0.05, 0.1) is 18.4 Å². The highest BCUT2D eigenvalue weighted by atomic mass is 32.2. The van der Waals surface area contributed by atoms with Crippen LogP contribution in [-0.2, 0) is 27.1 Å². The van der Waals surface area contributed by atoms with E-state index in [1.807, 2.05) is 25.1 Å². The van der Waals surface area contributed by atoms with Crippen molar-refractivity contribution >= 4 is 28.7 Å². The lowest BCUT2D eigenvalue weighted by Crippen LogP contribution is -2.10. The van der Waals surface area contributed by atoms with Crippen LogP contribution in [0.5, 0.6) is 0 Å². The molecule has 0 aliphatic carbocycles. The molecule has 0 bridgehead atoms. The van der Waals surface area contributed by atoms with Crippen LogP contribution in [0.4, 0.5) is 5.69 Å². The fourth-order valence-corrected chi connectivity index (χ4v) is 4.36. The van der Waals surface area contributed by atoms with Gasteiger partial charge in [-0.05, 0) is 60.4 Å². The summed E-state index contributed by atoms with van der Waals surface area (Å²) in [5.74, 6) is 6.09. The molecule has 0 saturated carbocycles. The first kappa shape index (κ1) is 23.5. The zero-order chi connectivity index (χ0) is 22.1. The molecule has 1 N–H and O–H groups in total. The van der Waals surface area contributed by atoms with Gasteiger partial charge >= 0.3 is 5.97 Å². The summed E-state index contributed by atoms with van der Waals surface area (Å²) in [6.45, 7) is 5.52. The van der Waals surface area contributed by atoms with Crippen molar-refractivity contribution in [3.8, 4) is 11.8 Å². The van der Waals surface area contributed by atoms with Crippen molar-refractivity contribution in [2.45, 2.75) is 44.9 Å². The lowest BCUT2D eigenvalue weighted by atomic mass is 10.1. The number of benzene rings is 2. The average molecular weight is 426 g/mol. The highest BCUT2D eigenvalue weighted by Crippen LogP contribution is 2.21. The minimum atomic E-state index is -1.00. The van der Waals surface area contributed by atoms with E-state index >= 15 is 0 Å². The van der Waals surface area contributed by atoms with Gasteiger partial charge in [-0.25, -0.2) is 4.79 Å². The maximum atomic E-state index is 12.5. The molecule has 0 spiro atoms. The molecule has 1 amide bonds. The van der Waals surface area contributed by atoms with Gasteiger partial charge in [-0.2, -0.15) is 0 Å². The number of nitrogens with one attached hydrogen (secondary N) is 1. The molecule has 0 fully saturated rings. The molecule has 2 aromatic carbocycles. The predicted molar refractivity (Wildman–Crippen MR) is 120 cm³/mol. The quantitative estimate of drug-likeness (QED) is 0.407. The molecule has 1 atom stereocenters. The van der Waals surface area contributed by atoms with Gasteiger partial charge in [0.25, 0.3) is 0 Å². The molecule has 0 aliphatic rings. The number of rotatable bonds is 7. The largest absolute Gasteiger partial charge is 0.611 e. The van der Waals surface area contributed by atoms with Crippen LogP contribution in [0.25, 0.3) is 0 Å². The van der Waals surface area contributed by atoms with Gasteiger partial charge in [0.1, 0.15) is 5.75 Å². The number of esters is 1. The van der Waals surface area contributed by atoms with E-state index in [0.29, 0.717) is 22.6 Å². The maximum Gasteiger partial charge on any atom is 0.337 e. The summed E-state index contributed by atoms with van der Waals surface area (Å²) in [6.07, 6.45) is 2.72. The summed E-state index contributed by atoms with van der Waals surface area (Å²) in [5, 5.41) is 2.71. The number of amides is 1. The number of methoxy groups -OCH3 is 1. The van der Waals surface area contributed by atoms with E-state index in [2.05, 4.69) is 24.1 Å². The summed E-state index contributed by atoms with van der Waals surface area (Å²) in [5.41, 5.74) is 3.20. The Bertz CT molecular complexity index is 975. The molecule has 5 nitrogen and oxygen atoms in total. The van der Waals surface area contributed by atoms with E-state index in [9.17, 15) is 14.1 Å². The lowest BCUT2D eigenvalue weighted by molar-refractivity contribution is -0.114. The molecule has 2 aromatic rings. The summed E-state index contributed by atoms with van der Waals surface area (Å²) in [6, 6.07) is 10.6. The molecule has 1 unspecified atom stereocenters. The molecule has 0 radical (unpaired) electrons. The first-order chi connectivity index (χ1) is 14.4. The van der Waals surface area contributed by atoms with Gasteiger partial charge in [-0.15, -0.1) is 0 Å². The van der Waals surface area contributed by atoms with Crippen molar-refractivity contribution in [1.82, 2.24) is 0 Å². The summed E-state index contributed by atoms with van der Waals surface area (Å²) >= 11 is -1.00. The fraction of sp³-hybridized carbons (Fsp3) is 0.333. The zero-order valence-corrected chi connectivity index (χ0v) is 18.7. The van der Waals surface area contributed by atoms with Crippen molar-refractivity contribution in [3.05, 3.63) is 58.7 Å². The minimum Gasteiger partial charge on any atom is -0.611 e. The second-order valence-electron chi connectivity index (χ2n) is 6.76. The molecule has 0 saturated heterocycles. The maximum absolute atomic E-state index is 12.5. The van der Waals surface area contributed by atoms with E-state index in [1.165, 1.54) is 14.0 Å². The summed E-state index contributed by atoms with van der Waals surface area (Å²) in [7, 11) is 1.30. The number of anilines is 1. The van der Waals surface area contributed by atoms with Gasteiger partial charge in [0, 0.05) is 23.6 Å². The molecular weight excluding hydrogens is 398 g/mol. The van der Waals surface area contributed by atoms with E-state index < -0.39 is 17.1 Å². The third kappa shape index (κ3) is 6.38. The molecule has 2 rings (SSSR count). The molecule has 6 heteroatoms. The van der Waals surface area contributed by atoms with Crippen LogP contribution in [0.1, 0.15) is 60.7 Å².